The molecule has 0 aromatic carbocycles. The lowest BCUT2D eigenvalue weighted by Gasteiger charge is -2.24. The SMILES string of the molecule is CC(C)(C)CC(F)(F)CC(=O)O. The summed E-state index contributed by atoms with van der Waals surface area (Å²) in [4.78, 5) is 10.0. The third-order valence-corrected chi connectivity index (χ3v) is 1.20. The van der Waals surface area contributed by atoms with Crippen LogP contribution in [0.3, 0.4) is 0 Å². The standard InChI is InChI=1S/C8H14F2O2/c1-7(2,3)5-8(9,10)4-6(11)12/h4-5H2,1-3H3,(H,11,12). The van der Waals surface area contributed by atoms with E-state index in [-0.39, 0.29) is 0 Å². The average molecular weight is 180 g/mol. The van der Waals surface area contributed by atoms with Gasteiger partial charge in [0, 0.05) is 6.42 Å². The van der Waals surface area contributed by atoms with E-state index in [1.807, 2.05) is 0 Å². The molecule has 72 valence electrons. The van der Waals surface area contributed by atoms with Crippen LogP contribution in [0.4, 0.5) is 8.78 Å². The summed E-state index contributed by atoms with van der Waals surface area (Å²) in [5.74, 6) is -4.55. The minimum Gasteiger partial charge on any atom is -0.481 e. The van der Waals surface area contributed by atoms with E-state index in [2.05, 4.69) is 0 Å². The van der Waals surface area contributed by atoms with Gasteiger partial charge in [-0.15, -0.1) is 0 Å². The van der Waals surface area contributed by atoms with Crippen molar-refractivity contribution in [3.63, 3.8) is 0 Å². The first-order chi connectivity index (χ1) is 5.12. The molecular weight excluding hydrogens is 166 g/mol. The molecule has 0 spiro atoms. The van der Waals surface area contributed by atoms with E-state index in [9.17, 15) is 13.6 Å². The zero-order valence-corrected chi connectivity index (χ0v) is 7.53. The Labute approximate surface area is 70.6 Å². The molecule has 0 heterocycles. The number of carbonyl (C=O) groups is 1. The zero-order chi connectivity index (χ0) is 9.99. The van der Waals surface area contributed by atoms with E-state index >= 15 is 0 Å². The molecule has 2 nitrogen and oxygen atoms in total. The van der Waals surface area contributed by atoms with Crippen molar-refractivity contribution in [3.05, 3.63) is 0 Å². The predicted molar refractivity (Wildman–Crippen MR) is 41.3 cm³/mol. The Morgan fingerprint density at radius 3 is 2.00 bits per heavy atom. The van der Waals surface area contributed by atoms with Gasteiger partial charge in [0.05, 0.1) is 0 Å². The second-order valence-corrected chi connectivity index (χ2v) is 4.16. The third kappa shape index (κ3) is 6.07. The normalized spacial score (nSPS) is 13.1. The van der Waals surface area contributed by atoms with Gasteiger partial charge in [0.25, 0.3) is 5.92 Å². The third-order valence-electron chi connectivity index (χ3n) is 1.20. The first kappa shape index (κ1) is 11.3. The van der Waals surface area contributed by atoms with Gasteiger partial charge in [-0.05, 0) is 5.41 Å². The van der Waals surface area contributed by atoms with Gasteiger partial charge in [0.1, 0.15) is 6.42 Å². The predicted octanol–water partition coefficient (Wildman–Crippen LogP) is 2.53. The molecule has 0 amide bonds. The van der Waals surface area contributed by atoms with Crippen LogP contribution in [0.1, 0.15) is 33.6 Å². The first-order valence-electron chi connectivity index (χ1n) is 3.72. The zero-order valence-electron chi connectivity index (χ0n) is 7.53. The Morgan fingerprint density at radius 2 is 1.75 bits per heavy atom. The van der Waals surface area contributed by atoms with E-state index in [0.29, 0.717) is 0 Å². The largest absolute Gasteiger partial charge is 0.481 e. The summed E-state index contributed by atoms with van der Waals surface area (Å²) in [6, 6.07) is 0. The summed E-state index contributed by atoms with van der Waals surface area (Å²) in [7, 11) is 0. The summed E-state index contributed by atoms with van der Waals surface area (Å²) in [6.07, 6.45) is -1.48. The quantitative estimate of drug-likeness (QED) is 0.724. The van der Waals surface area contributed by atoms with Gasteiger partial charge in [0.15, 0.2) is 0 Å². The van der Waals surface area contributed by atoms with Crippen LogP contribution < -0.4 is 0 Å². The maximum absolute atomic E-state index is 12.8. The van der Waals surface area contributed by atoms with Gasteiger partial charge in [-0.2, -0.15) is 0 Å². The van der Waals surface area contributed by atoms with Gasteiger partial charge >= 0.3 is 5.97 Å². The van der Waals surface area contributed by atoms with Crippen molar-refractivity contribution in [3.8, 4) is 0 Å². The molecule has 0 radical (unpaired) electrons. The molecule has 0 aliphatic heterocycles. The highest BCUT2D eigenvalue weighted by Gasteiger charge is 2.36. The van der Waals surface area contributed by atoms with Crippen LogP contribution in [0.5, 0.6) is 0 Å². The molecule has 1 N–H and O–H groups in total. The fourth-order valence-electron chi connectivity index (χ4n) is 1.06. The Bertz CT molecular complexity index is 170. The van der Waals surface area contributed by atoms with E-state index in [0.717, 1.165) is 0 Å². The molecule has 4 heteroatoms. The molecule has 0 aromatic heterocycles. The molecule has 0 saturated heterocycles. The maximum atomic E-state index is 12.8. The lowest BCUT2D eigenvalue weighted by molar-refractivity contribution is -0.146. The fraction of sp³-hybridized carbons (Fsp3) is 0.875. The highest BCUT2D eigenvalue weighted by molar-refractivity contribution is 5.67. The second-order valence-electron chi connectivity index (χ2n) is 4.16. The summed E-state index contributed by atoms with van der Waals surface area (Å²) < 4.78 is 25.6. The molecule has 0 unspecified atom stereocenters. The lowest BCUT2D eigenvalue weighted by Crippen LogP contribution is -2.27. The van der Waals surface area contributed by atoms with Gasteiger partial charge in [0.2, 0.25) is 0 Å². The summed E-state index contributed by atoms with van der Waals surface area (Å²) >= 11 is 0. The smallest absolute Gasteiger partial charge is 0.309 e. The van der Waals surface area contributed by atoms with Gasteiger partial charge < -0.3 is 5.11 Å². The first-order valence-corrected chi connectivity index (χ1v) is 3.72. The fourth-order valence-corrected chi connectivity index (χ4v) is 1.06. The van der Waals surface area contributed by atoms with Crippen LogP contribution in [0.2, 0.25) is 0 Å². The van der Waals surface area contributed by atoms with Crippen molar-refractivity contribution in [2.45, 2.75) is 39.5 Å². The second kappa shape index (κ2) is 3.37. The number of rotatable bonds is 3. The Hall–Kier alpha value is -0.670. The van der Waals surface area contributed by atoms with E-state index in [4.69, 9.17) is 5.11 Å². The number of carboxylic acids is 1. The van der Waals surface area contributed by atoms with Gasteiger partial charge in [-0.1, -0.05) is 20.8 Å². The van der Waals surface area contributed by atoms with Crippen LogP contribution in [-0.2, 0) is 4.79 Å². The van der Waals surface area contributed by atoms with Crippen LogP contribution in [0.25, 0.3) is 0 Å². The number of hydrogen-bond acceptors (Lipinski definition) is 1. The topological polar surface area (TPSA) is 37.3 Å². The van der Waals surface area contributed by atoms with Gasteiger partial charge in [-0.25, -0.2) is 8.78 Å². The molecule has 12 heavy (non-hydrogen) atoms. The Morgan fingerprint density at radius 1 is 1.33 bits per heavy atom. The number of aliphatic carboxylic acids is 1. The molecule has 0 rings (SSSR count). The molecule has 0 saturated carbocycles. The van der Waals surface area contributed by atoms with E-state index in [1.165, 1.54) is 0 Å². The lowest BCUT2D eigenvalue weighted by atomic mass is 9.88. The average Bonchev–Trinajstić information content (AvgIpc) is 1.48. The van der Waals surface area contributed by atoms with E-state index in [1.54, 1.807) is 20.8 Å². The van der Waals surface area contributed by atoms with Crippen molar-refractivity contribution in [1.82, 2.24) is 0 Å². The Balaban J connectivity index is 4.13. The van der Waals surface area contributed by atoms with Crippen molar-refractivity contribution in [1.29, 1.82) is 0 Å². The Kier molecular flexibility index (Phi) is 3.18. The summed E-state index contributed by atoms with van der Waals surface area (Å²) in [5, 5.41) is 8.17. The highest BCUT2D eigenvalue weighted by Crippen LogP contribution is 2.33. The molecule has 0 aromatic rings. The molecule has 0 fully saturated rings. The van der Waals surface area contributed by atoms with Crippen LogP contribution >= 0.6 is 0 Å². The monoisotopic (exact) mass is 180 g/mol. The van der Waals surface area contributed by atoms with Crippen molar-refractivity contribution < 1.29 is 18.7 Å². The summed E-state index contributed by atoms with van der Waals surface area (Å²) in [6.45, 7) is 4.97. The van der Waals surface area contributed by atoms with Crippen molar-refractivity contribution in [2.75, 3.05) is 0 Å². The van der Waals surface area contributed by atoms with Crippen LogP contribution in [0, 0.1) is 5.41 Å². The molecule has 0 aliphatic rings. The van der Waals surface area contributed by atoms with E-state index < -0.39 is 30.1 Å². The molecular formula is C8H14F2O2. The molecule has 0 aliphatic carbocycles. The van der Waals surface area contributed by atoms with Crippen LogP contribution in [0.15, 0.2) is 0 Å². The summed E-state index contributed by atoms with van der Waals surface area (Å²) in [5.41, 5.74) is -0.543. The number of hydrogen-bond donors (Lipinski definition) is 1. The maximum Gasteiger partial charge on any atom is 0.309 e. The van der Waals surface area contributed by atoms with Gasteiger partial charge in [-0.3, -0.25) is 4.79 Å². The van der Waals surface area contributed by atoms with Crippen LogP contribution in [-0.4, -0.2) is 17.0 Å². The minimum absolute atomic E-state index is 0.397. The number of carboxylic acid groups (broad SMARTS) is 1. The molecule has 0 atom stereocenters. The minimum atomic E-state index is -3.09. The number of alkyl halides is 2. The van der Waals surface area contributed by atoms with Crippen molar-refractivity contribution >= 4 is 5.97 Å². The number of halogens is 2. The highest BCUT2D eigenvalue weighted by atomic mass is 19.3. The molecule has 0 bridgehead atoms. The van der Waals surface area contributed by atoms with Crippen molar-refractivity contribution in [2.24, 2.45) is 5.41 Å².